The summed E-state index contributed by atoms with van der Waals surface area (Å²) in [7, 11) is 0. The molecule has 98 valence electrons. The van der Waals surface area contributed by atoms with Crippen molar-refractivity contribution in [1.82, 2.24) is 0 Å². The Kier molecular flexibility index (Phi) is 4.39. The molecule has 1 atom stereocenters. The second-order valence-corrected chi connectivity index (χ2v) is 5.43. The fourth-order valence-electron chi connectivity index (χ4n) is 2.42. The van der Waals surface area contributed by atoms with E-state index in [1.54, 1.807) is 0 Å². The number of aryl methyl sites for hydroxylation is 2. The van der Waals surface area contributed by atoms with Crippen LogP contribution in [0.15, 0.2) is 42.5 Å². The molecule has 0 N–H and O–H groups in total. The van der Waals surface area contributed by atoms with Crippen molar-refractivity contribution in [3.63, 3.8) is 0 Å². The molecule has 0 amide bonds. The molecule has 0 aliphatic carbocycles. The van der Waals surface area contributed by atoms with Gasteiger partial charge in [0.1, 0.15) is 6.29 Å². The van der Waals surface area contributed by atoms with Gasteiger partial charge in [0, 0.05) is 10.9 Å². The number of carbonyl (C=O) groups excluding carboxylic acids is 1. The van der Waals surface area contributed by atoms with Gasteiger partial charge in [0.25, 0.3) is 0 Å². The maximum atomic E-state index is 11.3. The maximum absolute atomic E-state index is 11.3. The van der Waals surface area contributed by atoms with Crippen molar-refractivity contribution in [1.29, 1.82) is 0 Å². The Morgan fingerprint density at radius 2 is 1.79 bits per heavy atom. The molecule has 2 aromatic rings. The third kappa shape index (κ3) is 3.68. The summed E-state index contributed by atoms with van der Waals surface area (Å²) in [5.41, 5.74) is 4.62. The molecule has 0 bridgehead atoms. The molecule has 0 aliphatic rings. The quantitative estimate of drug-likeness (QED) is 0.750. The van der Waals surface area contributed by atoms with Gasteiger partial charge in [0.05, 0.1) is 0 Å². The van der Waals surface area contributed by atoms with Crippen molar-refractivity contribution >= 4 is 17.9 Å². The summed E-state index contributed by atoms with van der Waals surface area (Å²) in [4.78, 5) is 11.3. The molecule has 0 radical (unpaired) electrons. The minimum atomic E-state index is -0.139. The molecule has 0 saturated heterocycles. The normalized spacial score (nSPS) is 12.2. The fourth-order valence-corrected chi connectivity index (χ4v) is 2.62. The van der Waals surface area contributed by atoms with Gasteiger partial charge in [-0.25, -0.2) is 0 Å². The Morgan fingerprint density at radius 1 is 1.11 bits per heavy atom. The third-order valence-electron chi connectivity index (χ3n) is 3.18. The lowest BCUT2D eigenvalue weighted by atomic mass is 9.92. The van der Waals surface area contributed by atoms with Crippen molar-refractivity contribution in [2.24, 2.45) is 0 Å². The summed E-state index contributed by atoms with van der Waals surface area (Å²) in [5, 5.41) is 0.671. The molecular weight excluding hydrogens is 256 g/mol. The van der Waals surface area contributed by atoms with Crippen molar-refractivity contribution in [2.45, 2.75) is 26.2 Å². The molecule has 0 spiro atoms. The number of rotatable bonds is 4. The largest absolute Gasteiger partial charge is 0.303 e. The summed E-state index contributed by atoms with van der Waals surface area (Å²) < 4.78 is 0. The number of hydrogen-bond donors (Lipinski definition) is 0. The van der Waals surface area contributed by atoms with E-state index < -0.39 is 0 Å². The number of aldehydes is 1. The summed E-state index contributed by atoms with van der Waals surface area (Å²) in [6.45, 7) is 4.15. The number of halogens is 1. The molecule has 2 heteroatoms. The van der Waals surface area contributed by atoms with E-state index in [1.807, 2.05) is 24.3 Å². The predicted octanol–water partition coefficient (Wildman–Crippen LogP) is 4.48. The monoisotopic (exact) mass is 272 g/mol. The van der Waals surface area contributed by atoms with Crippen molar-refractivity contribution in [2.75, 3.05) is 0 Å². The summed E-state index contributed by atoms with van der Waals surface area (Å²) >= 11 is 5.98. The van der Waals surface area contributed by atoms with E-state index in [4.69, 9.17) is 11.6 Å². The van der Waals surface area contributed by atoms with Crippen molar-refractivity contribution in [3.8, 4) is 0 Å². The minimum absolute atomic E-state index is 0.139. The smallest absolute Gasteiger partial charge is 0.127 e. The highest BCUT2D eigenvalue weighted by molar-refractivity contribution is 6.30. The molecule has 0 saturated carbocycles. The van der Waals surface area contributed by atoms with Crippen LogP contribution in [0.1, 0.15) is 28.2 Å². The molecule has 1 nitrogen and oxygen atoms in total. The van der Waals surface area contributed by atoms with Crippen LogP contribution >= 0.6 is 11.6 Å². The van der Waals surface area contributed by atoms with Gasteiger partial charge in [-0.2, -0.15) is 0 Å². The maximum Gasteiger partial charge on any atom is 0.127 e. The van der Waals surface area contributed by atoms with Crippen LogP contribution in [0.2, 0.25) is 5.02 Å². The zero-order valence-electron chi connectivity index (χ0n) is 11.2. The van der Waals surface area contributed by atoms with Crippen LogP contribution in [-0.2, 0) is 11.2 Å². The lowest BCUT2D eigenvalue weighted by molar-refractivity contribution is -0.109. The zero-order valence-corrected chi connectivity index (χ0v) is 11.9. The van der Waals surface area contributed by atoms with Gasteiger partial charge >= 0.3 is 0 Å². The Bertz CT molecular complexity index is 569. The molecular formula is C17H17ClO. The summed E-state index contributed by atoms with van der Waals surface area (Å²) in [6, 6.07) is 13.9. The highest BCUT2D eigenvalue weighted by Crippen LogP contribution is 2.23. The van der Waals surface area contributed by atoms with Crippen LogP contribution in [0.25, 0.3) is 0 Å². The van der Waals surface area contributed by atoms with Crippen LogP contribution in [0.5, 0.6) is 0 Å². The van der Waals surface area contributed by atoms with E-state index in [1.165, 1.54) is 16.7 Å². The van der Waals surface area contributed by atoms with Gasteiger partial charge in [-0.15, -0.1) is 0 Å². The van der Waals surface area contributed by atoms with E-state index >= 15 is 0 Å². The van der Waals surface area contributed by atoms with Gasteiger partial charge in [-0.3, -0.25) is 0 Å². The first-order valence-corrected chi connectivity index (χ1v) is 6.74. The molecule has 0 heterocycles. The molecule has 0 aromatic heterocycles. The number of benzene rings is 2. The van der Waals surface area contributed by atoms with E-state index in [-0.39, 0.29) is 5.92 Å². The second-order valence-electron chi connectivity index (χ2n) is 5.00. The second kappa shape index (κ2) is 6.03. The topological polar surface area (TPSA) is 17.1 Å². The van der Waals surface area contributed by atoms with Crippen LogP contribution in [-0.4, -0.2) is 6.29 Å². The van der Waals surface area contributed by atoms with Gasteiger partial charge in [-0.1, -0.05) is 53.1 Å². The molecule has 1 unspecified atom stereocenters. The Labute approximate surface area is 119 Å². The van der Waals surface area contributed by atoms with E-state index in [0.717, 1.165) is 11.8 Å². The van der Waals surface area contributed by atoms with Gasteiger partial charge in [0.15, 0.2) is 0 Å². The first-order valence-electron chi connectivity index (χ1n) is 6.36. The zero-order chi connectivity index (χ0) is 13.8. The molecule has 2 rings (SSSR count). The Balaban J connectivity index is 2.26. The van der Waals surface area contributed by atoms with Crippen LogP contribution in [0, 0.1) is 13.8 Å². The number of hydrogen-bond acceptors (Lipinski definition) is 1. The van der Waals surface area contributed by atoms with E-state index in [0.29, 0.717) is 11.4 Å². The van der Waals surface area contributed by atoms with Crippen LogP contribution < -0.4 is 0 Å². The minimum Gasteiger partial charge on any atom is -0.303 e. The van der Waals surface area contributed by atoms with E-state index in [9.17, 15) is 4.79 Å². The highest BCUT2D eigenvalue weighted by Gasteiger charge is 2.12. The molecule has 19 heavy (non-hydrogen) atoms. The average Bonchev–Trinajstić information content (AvgIpc) is 2.34. The highest BCUT2D eigenvalue weighted by atomic mass is 35.5. The molecule has 0 aliphatic heterocycles. The lowest BCUT2D eigenvalue weighted by Crippen LogP contribution is -2.05. The standard InChI is InChI=1S/C17H17ClO/c1-12-6-13(2)8-14(7-12)9-16(11-19)15-4-3-5-17(18)10-15/h3-8,10-11,16H,9H2,1-2H3. The van der Waals surface area contributed by atoms with Gasteiger partial charge < -0.3 is 4.79 Å². The van der Waals surface area contributed by atoms with E-state index in [2.05, 4.69) is 32.0 Å². The number of carbonyl (C=O) groups is 1. The first kappa shape index (κ1) is 13.8. The summed E-state index contributed by atoms with van der Waals surface area (Å²) in [5.74, 6) is -0.139. The van der Waals surface area contributed by atoms with Crippen LogP contribution in [0.3, 0.4) is 0 Å². The molecule has 2 aromatic carbocycles. The average molecular weight is 273 g/mol. The fraction of sp³-hybridized carbons (Fsp3) is 0.235. The first-order chi connectivity index (χ1) is 9.08. The van der Waals surface area contributed by atoms with Gasteiger partial charge in [-0.05, 0) is 43.5 Å². The SMILES string of the molecule is Cc1cc(C)cc(CC(C=O)c2cccc(Cl)c2)c1. The Hall–Kier alpha value is -1.60. The van der Waals surface area contributed by atoms with Crippen LogP contribution in [0.4, 0.5) is 0 Å². The van der Waals surface area contributed by atoms with Crippen molar-refractivity contribution < 1.29 is 4.79 Å². The predicted molar refractivity (Wildman–Crippen MR) is 79.9 cm³/mol. The Morgan fingerprint density at radius 3 is 2.37 bits per heavy atom. The van der Waals surface area contributed by atoms with Crippen molar-refractivity contribution in [3.05, 3.63) is 69.7 Å². The summed E-state index contributed by atoms with van der Waals surface area (Å²) in [6.07, 6.45) is 1.72. The molecule has 0 fully saturated rings. The lowest BCUT2D eigenvalue weighted by Gasteiger charge is -2.12. The third-order valence-corrected chi connectivity index (χ3v) is 3.41. The van der Waals surface area contributed by atoms with Gasteiger partial charge in [0.2, 0.25) is 0 Å².